The van der Waals surface area contributed by atoms with Crippen LogP contribution in [0, 0.1) is 0 Å². The smallest absolute Gasteiger partial charge is 0.335 e. The van der Waals surface area contributed by atoms with Crippen LogP contribution in [0.2, 0.25) is 0 Å². The number of carboxylic acid groups (broad SMARTS) is 1. The molecule has 6 heteroatoms. The van der Waals surface area contributed by atoms with Gasteiger partial charge in [0.2, 0.25) is 6.79 Å². The van der Waals surface area contributed by atoms with Crippen molar-refractivity contribution >= 4 is 11.7 Å². The van der Waals surface area contributed by atoms with Gasteiger partial charge in [-0.3, -0.25) is 0 Å². The molecule has 0 aromatic heterocycles. The maximum atomic E-state index is 10.8. The summed E-state index contributed by atoms with van der Waals surface area (Å²) in [6.45, 7) is 1.57. The number of benzene rings is 2. The number of ether oxygens (including phenoxy) is 3. The van der Waals surface area contributed by atoms with E-state index in [-0.39, 0.29) is 12.4 Å². The molecule has 1 aliphatic rings. The van der Waals surface area contributed by atoms with E-state index in [1.54, 1.807) is 12.1 Å². The van der Waals surface area contributed by atoms with Crippen molar-refractivity contribution in [2.75, 3.05) is 25.3 Å². The van der Waals surface area contributed by atoms with Crippen LogP contribution in [0.4, 0.5) is 5.69 Å². The molecule has 0 radical (unpaired) electrons. The van der Waals surface area contributed by atoms with Crippen molar-refractivity contribution in [3.63, 3.8) is 0 Å². The molecule has 2 aromatic carbocycles. The Labute approximate surface area is 133 Å². The van der Waals surface area contributed by atoms with E-state index in [0.29, 0.717) is 12.4 Å². The lowest BCUT2D eigenvalue weighted by molar-refractivity contribution is 0.0697. The van der Waals surface area contributed by atoms with Crippen LogP contribution in [0.15, 0.2) is 42.5 Å². The molecule has 23 heavy (non-hydrogen) atoms. The van der Waals surface area contributed by atoms with Gasteiger partial charge in [-0.2, -0.15) is 0 Å². The fourth-order valence-corrected chi connectivity index (χ4v) is 2.20. The molecule has 0 fully saturated rings. The van der Waals surface area contributed by atoms with Gasteiger partial charge in [0.05, 0.1) is 12.2 Å². The molecule has 0 saturated carbocycles. The van der Waals surface area contributed by atoms with Crippen molar-refractivity contribution in [1.82, 2.24) is 0 Å². The monoisotopic (exact) mass is 315 g/mol. The normalized spacial score (nSPS) is 12.0. The number of anilines is 1. The predicted octanol–water partition coefficient (Wildman–Crippen LogP) is 2.99. The molecular formula is C17H17NO5. The van der Waals surface area contributed by atoms with Crippen LogP contribution < -0.4 is 19.5 Å². The number of carboxylic acids is 1. The van der Waals surface area contributed by atoms with Gasteiger partial charge in [-0.1, -0.05) is 0 Å². The van der Waals surface area contributed by atoms with Gasteiger partial charge in [-0.25, -0.2) is 4.79 Å². The Morgan fingerprint density at radius 3 is 2.70 bits per heavy atom. The summed E-state index contributed by atoms with van der Waals surface area (Å²) in [5.41, 5.74) is 1.22. The van der Waals surface area contributed by atoms with Gasteiger partial charge in [0.15, 0.2) is 11.5 Å². The molecule has 2 aromatic rings. The Kier molecular flexibility index (Phi) is 4.52. The molecule has 0 unspecified atom stereocenters. The number of rotatable bonds is 7. The van der Waals surface area contributed by atoms with Gasteiger partial charge in [0, 0.05) is 18.3 Å². The van der Waals surface area contributed by atoms with Crippen LogP contribution in [0.5, 0.6) is 17.2 Å². The standard InChI is InChI=1S/C17H17NO5/c19-17(20)12-2-5-14(6-3-12)21-9-1-8-18-13-4-7-15-16(10-13)23-11-22-15/h2-7,10,18H,1,8-9,11H2,(H,19,20). The van der Waals surface area contributed by atoms with Gasteiger partial charge in [0.25, 0.3) is 0 Å². The highest BCUT2D eigenvalue weighted by Gasteiger charge is 2.12. The average molecular weight is 315 g/mol. The minimum absolute atomic E-state index is 0.252. The molecule has 0 aliphatic carbocycles. The molecule has 1 aliphatic heterocycles. The Bertz CT molecular complexity index is 684. The highest BCUT2D eigenvalue weighted by Crippen LogP contribution is 2.34. The lowest BCUT2D eigenvalue weighted by Gasteiger charge is -2.09. The van der Waals surface area contributed by atoms with Gasteiger partial charge < -0.3 is 24.6 Å². The second-order valence-corrected chi connectivity index (χ2v) is 5.03. The molecule has 0 bridgehead atoms. The topological polar surface area (TPSA) is 77.0 Å². The van der Waals surface area contributed by atoms with Crippen LogP contribution in [-0.2, 0) is 0 Å². The summed E-state index contributed by atoms with van der Waals surface area (Å²) in [4.78, 5) is 10.8. The van der Waals surface area contributed by atoms with Crippen LogP contribution in [0.1, 0.15) is 16.8 Å². The van der Waals surface area contributed by atoms with Crippen molar-refractivity contribution in [1.29, 1.82) is 0 Å². The van der Waals surface area contributed by atoms with E-state index >= 15 is 0 Å². The van der Waals surface area contributed by atoms with E-state index in [4.69, 9.17) is 19.3 Å². The third-order valence-electron chi connectivity index (χ3n) is 3.39. The fraction of sp³-hybridized carbons (Fsp3) is 0.235. The maximum Gasteiger partial charge on any atom is 0.335 e. The molecule has 1 heterocycles. The SMILES string of the molecule is O=C(O)c1ccc(OCCCNc2ccc3c(c2)OCO3)cc1. The third kappa shape index (κ3) is 3.85. The Morgan fingerprint density at radius 1 is 1.13 bits per heavy atom. The number of hydrogen-bond donors (Lipinski definition) is 2. The Hall–Kier alpha value is -2.89. The Balaban J connectivity index is 1.39. The van der Waals surface area contributed by atoms with Crippen molar-refractivity contribution < 1.29 is 24.1 Å². The van der Waals surface area contributed by atoms with E-state index < -0.39 is 5.97 Å². The highest BCUT2D eigenvalue weighted by atomic mass is 16.7. The first kappa shape index (κ1) is 15.0. The van der Waals surface area contributed by atoms with Crippen molar-refractivity contribution in [2.45, 2.75) is 6.42 Å². The molecule has 120 valence electrons. The van der Waals surface area contributed by atoms with Crippen molar-refractivity contribution in [3.05, 3.63) is 48.0 Å². The van der Waals surface area contributed by atoms with Crippen LogP contribution in [0.25, 0.3) is 0 Å². The second-order valence-electron chi connectivity index (χ2n) is 5.03. The zero-order chi connectivity index (χ0) is 16.1. The van der Waals surface area contributed by atoms with Gasteiger partial charge in [-0.05, 0) is 42.8 Å². The molecule has 6 nitrogen and oxygen atoms in total. The first-order valence-electron chi connectivity index (χ1n) is 7.32. The molecular weight excluding hydrogens is 298 g/mol. The number of nitrogens with one attached hydrogen (secondary N) is 1. The quantitative estimate of drug-likeness (QED) is 0.765. The fourth-order valence-electron chi connectivity index (χ4n) is 2.20. The highest BCUT2D eigenvalue weighted by molar-refractivity contribution is 5.87. The largest absolute Gasteiger partial charge is 0.494 e. The predicted molar refractivity (Wildman–Crippen MR) is 84.6 cm³/mol. The molecule has 0 atom stereocenters. The minimum atomic E-state index is -0.940. The molecule has 2 N–H and O–H groups in total. The van der Waals surface area contributed by atoms with Crippen LogP contribution >= 0.6 is 0 Å². The number of hydrogen-bond acceptors (Lipinski definition) is 5. The number of aromatic carboxylic acids is 1. The molecule has 3 rings (SSSR count). The zero-order valence-corrected chi connectivity index (χ0v) is 12.5. The molecule has 0 spiro atoms. The summed E-state index contributed by atoms with van der Waals surface area (Å²) in [7, 11) is 0. The lowest BCUT2D eigenvalue weighted by atomic mass is 10.2. The summed E-state index contributed by atoms with van der Waals surface area (Å²) < 4.78 is 16.2. The summed E-state index contributed by atoms with van der Waals surface area (Å²) in [5, 5.41) is 12.1. The van der Waals surface area contributed by atoms with E-state index in [1.807, 2.05) is 18.2 Å². The Morgan fingerprint density at radius 2 is 1.91 bits per heavy atom. The van der Waals surface area contributed by atoms with Gasteiger partial charge in [-0.15, -0.1) is 0 Å². The zero-order valence-electron chi connectivity index (χ0n) is 12.5. The lowest BCUT2D eigenvalue weighted by Crippen LogP contribution is -2.07. The number of carbonyl (C=O) groups is 1. The van der Waals surface area contributed by atoms with Crippen molar-refractivity contribution in [2.24, 2.45) is 0 Å². The van der Waals surface area contributed by atoms with E-state index in [9.17, 15) is 4.79 Å². The van der Waals surface area contributed by atoms with E-state index in [0.717, 1.165) is 30.2 Å². The first-order chi connectivity index (χ1) is 11.2. The molecule has 0 saturated heterocycles. The van der Waals surface area contributed by atoms with Crippen LogP contribution in [-0.4, -0.2) is 31.0 Å². The average Bonchev–Trinajstić information content (AvgIpc) is 3.02. The summed E-state index contributed by atoms with van der Waals surface area (Å²) in [5.74, 6) is 1.25. The van der Waals surface area contributed by atoms with Gasteiger partial charge in [0.1, 0.15) is 5.75 Å². The van der Waals surface area contributed by atoms with E-state index in [2.05, 4.69) is 5.32 Å². The first-order valence-corrected chi connectivity index (χ1v) is 7.32. The molecule has 0 amide bonds. The maximum absolute atomic E-state index is 10.8. The van der Waals surface area contributed by atoms with E-state index in [1.165, 1.54) is 12.1 Å². The van der Waals surface area contributed by atoms with Crippen molar-refractivity contribution in [3.8, 4) is 17.2 Å². The summed E-state index contributed by atoms with van der Waals surface area (Å²) in [6, 6.07) is 12.1. The number of fused-ring (bicyclic) bond motifs is 1. The summed E-state index contributed by atoms with van der Waals surface area (Å²) >= 11 is 0. The van der Waals surface area contributed by atoms with Crippen LogP contribution in [0.3, 0.4) is 0 Å². The summed E-state index contributed by atoms with van der Waals surface area (Å²) in [6.07, 6.45) is 0.815. The van der Waals surface area contributed by atoms with Gasteiger partial charge >= 0.3 is 5.97 Å². The third-order valence-corrected chi connectivity index (χ3v) is 3.39. The minimum Gasteiger partial charge on any atom is -0.494 e. The second kappa shape index (κ2) is 6.91.